The molecule has 0 bridgehead atoms. The minimum atomic E-state index is -4.83. The lowest BCUT2D eigenvalue weighted by Crippen LogP contribution is -2.54. The van der Waals surface area contributed by atoms with E-state index in [0.29, 0.717) is 43.3 Å². The van der Waals surface area contributed by atoms with Crippen molar-refractivity contribution in [2.24, 2.45) is 0 Å². The van der Waals surface area contributed by atoms with Crippen LogP contribution in [0.5, 0.6) is 0 Å². The Morgan fingerprint density at radius 2 is 1.72 bits per heavy atom. The number of methoxy groups -OCH3 is 1. The third-order valence-electron chi connectivity index (χ3n) is 8.22. The highest BCUT2D eigenvalue weighted by atomic mass is 35.5. The van der Waals surface area contributed by atoms with E-state index in [2.05, 4.69) is 22.2 Å². The van der Waals surface area contributed by atoms with Gasteiger partial charge in [-0.1, -0.05) is 66.7 Å². The summed E-state index contributed by atoms with van der Waals surface area (Å²) in [5, 5.41) is 6.16. The van der Waals surface area contributed by atoms with E-state index in [1.165, 1.54) is 18.3 Å². The zero-order chi connectivity index (χ0) is 33.6. The van der Waals surface area contributed by atoms with E-state index in [-0.39, 0.29) is 34.8 Å². The van der Waals surface area contributed by atoms with Crippen molar-refractivity contribution in [3.8, 4) is 0 Å². The molecule has 2 amide bonds. The lowest BCUT2D eigenvalue weighted by Gasteiger charge is -2.36. The summed E-state index contributed by atoms with van der Waals surface area (Å²) in [5.41, 5.74) is -0.348. The minimum Gasteiger partial charge on any atom is -0.497 e. The van der Waals surface area contributed by atoms with E-state index < -0.39 is 29.1 Å². The molecular weight excluding hydrogens is 634 g/mol. The normalized spacial score (nSPS) is 17.5. The second kappa shape index (κ2) is 14.6. The first kappa shape index (κ1) is 33.9. The predicted molar refractivity (Wildman–Crippen MR) is 172 cm³/mol. The van der Waals surface area contributed by atoms with Crippen molar-refractivity contribution in [1.29, 1.82) is 0 Å². The fraction of sp³-hybridized carbons (Fsp3) is 0.278. The second-order valence-electron chi connectivity index (χ2n) is 11.5. The Bertz CT molecular complexity index is 1700. The highest BCUT2D eigenvalue weighted by Gasteiger charge is 2.41. The molecule has 1 saturated carbocycles. The topological polar surface area (TPSA) is 72.5 Å². The molecule has 0 aliphatic heterocycles. The van der Waals surface area contributed by atoms with Gasteiger partial charge in [-0.3, -0.25) is 4.98 Å². The molecular formula is C36H34ClF4N3O3. The molecule has 1 fully saturated rings. The van der Waals surface area contributed by atoms with Crippen LogP contribution in [0.2, 0.25) is 5.02 Å². The van der Waals surface area contributed by atoms with Gasteiger partial charge in [0, 0.05) is 24.2 Å². The number of halogens is 5. The fourth-order valence-electron chi connectivity index (χ4n) is 5.86. The summed E-state index contributed by atoms with van der Waals surface area (Å²) in [6.45, 7) is 4.24. The fourth-order valence-corrected chi connectivity index (χ4v) is 5.97. The predicted octanol–water partition coefficient (Wildman–Crippen LogP) is 8.43. The van der Waals surface area contributed by atoms with Gasteiger partial charge in [0.05, 0.1) is 36.1 Å². The lowest BCUT2D eigenvalue weighted by molar-refractivity contribution is -0.137. The molecule has 2 N–H and O–H groups in total. The van der Waals surface area contributed by atoms with Gasteiger partial charge in [-0.05, 0) is 72.4 Å². The van der Waals surface area contributed by atoms with Crippen LogP contribution in [0, 0.1) is 5.82 Å². The van der Waals surface area contributed by atoms with Crippen molar-refractivity contribution in [2.45, 2.75) is 56.2 Å². The number of hydrogen-bond donors (Lipinski definition) is 2. The van der Waals surface area contributed by atoms with E-state index in [4.69, 9.17) is 21.1 Å². The average molecular weight is 668 g/mol. The van der Waals surface area contributed by atoms with Gasteiger partial charge in [-0.25, -0.2) is 9.18 Å². The number of ether oxygens (including phenoxy) is 2. The molecule has 5 rings (SSSR count). The van der Waals surface area contributed by atoms with Crippen molar-refractivity contribution < 1.29 is 31.8 Å². The number of benzene rings is 3. The summed E-state index contributed by atoms with van der Waals surface area (Å²) in [6, 6.07) is 20.9. The molecule has 246 valence electrons. The van der Waals surface area contributed by atoms with Gasteiger partial charge in [0.25, 0.3) is 0 Å². The van der Waals surface area contributed by atoms with Crippen LogP contribution >= 0.6 is 11.6 Å². The van der Waals surface area contributed by atoms with E-state index in [1.54, 1.807) is 37.4 Å². The molecule has 3 atom stereocenters. The smallest absolute Gasteiger partial charge is 0.416 e. The Labute approximate surface area is 275 Å². The van der Waals surface area contributed by atoms with Crippen LogP contribution in [0.3, 0.4) is 0 Å². The zero-order valence-electron chi connectivity index (χ0n) is 25.6. The number of carbonyl (C=O) groups excluding carboxylic acids is 1. The maximum absolute atomic E-state index is 14.9. The molecule has 0 spiro atoms. The molecule has 6 nitrogen and oxygen atoms in total. The Morgan fingerprint density at radius 1 is 0.979 bits per heavy atom. The van der Waals surface area contributed by atoms with Crippen LogP contribution in [-0.4, -0.2) is 30.3 Å². The molecule has 0 radical (unpaired) electrons. The molecule has 47 heavy (non-hydrogen) atoms. The SMILES string of the molecule is C=C(OC)c1cccc(CO[C@H]2CC[C@@H](NC(=O)N[C@@](Cc3ccccc3)(c3cc(F)cc(C(F)(F)F)c3)c3ccc(Cl)cn3)C2)c1. The molecule has 1 aromatic heterocycles. The van der Waals surface area contributed by atoms with Crippen molar-refractivity contribution in [3.05, 3.63) is 142 Å². The standard InChI is InChI=1S/C36H34ClF4N3O3/c1-23(46-2)26-10-6-9-25(15-26)22-47-32-13-12-31(19-32)43-34(45)44-35(20-24-7-4-3-5-8-24,33-14-11-29(37)21-42-33)27-16-28(36(39,40)41)18-30(38)17-27/h3-11,14-18,21,31-32H,1,12-13,19-20,22H2,2H3,(H2,43,44,45)/t31-,32+,35+/m1/s1. The van der Waals surface area contributed by atoms with Crippen LogP contribution in [-0.2, 0) is 34.2 Å². The van der Waals surface area contributed by atoms with Crippen molar-refractivity contribution in [1.82, 2.24) is 15.6 Å². The van der Waals surface area contributed by atoms with Crippen LogP contribution in [0.15, 0.2) is 97.7 Å². The molecule has 0 saturated heterocycles. The van der Waals surface area contributed by atoms with Gasteiger partial charge in [0.1, 0.15) is 17.1 Å². The van der Waals surface area contributed by atoms with Crippen LogP contribution in [0.1, 0.15) is 52.8 Å². The maximum Gasteiger partial charge on any atom is 0.416 e. The van der Waals surface area contributed by atoms with Crippen LogP contribution in [0.25, 0.3) is 5.76 Å². The number of hydrogen-bond acceptors (Lipinski definition) is 4. The monoisotopic (exact) mass is 667 g/mol. The second-order valence-corrected chi connectivity index (χ2v) is 12.0. The highest BCUT2D eigenvalue weighted by Crippen LogP contribution is 2.38. The molecule has 0 unspecified atom stereocenters. The van der Waals surface area contributed by atoms with Crippen molar-refractivity contribution in [2.75, 3.05) is 7.11 Å². The third kappa shape index (κ3) is 8.50. The lowest BCUT2D eigenvalue weighted by atomic mass is 9.79. The number of nitrogens with one attached hydrogen (secondary N) is 2. The quantitative estimate of drug-likeness (QED) is 0.124. The summed E-state index contributed by atoms with van der Waals surface area (Å²) in [5.74, 6) is -0.552. The van der Waals surface area contributed by atoms with Crippen LogP contribution in [0.4, 0.5) is 22.4 Å². The van der Waals surface area contributed by atoms with Crippen molar-refractivity contribution >= 4 is 23.4 Å². The summed E-state index contributed by atoms with van der Waals surface area (Å²) >= 11 is 6.11. The maximum atomic E-state index is 14.9. The zero-order valence-corrected chi connectivity index (χ0v) is 26.4. The van der Waals surface area contributed by atoms with Crippen LogP contribution < -0.4 is 10.6 Å². The Hall–Kier alpha value is -4.41. The number of urea groups is 1. The number of nitrogens with zero attached hydrogens (tertiary/aromatic N) is 1. The average Bonchev–Trinajstić information content (AvgIpc) is 3.50. The van der Waals surface area contributed by atoms with Gasteiger partial charge in [-0.2, -0.15) is 13.2 Å². The van der Waals surface area contributed by atoms with Gasteiger partial charge in [0.15, 0.2) is 0 Å². The number of aromatic nitrogens is 1. The van der Waals surface area contributed by atoms with Gasteiger partial charge in [-0.15, -0.1) is 0 Å². The summed E-state index contributed by atoms with van der Waals surface area (Å²) in [7, 11) is 1.56. The molecule has 1 heterocycles. The summed E-state index contributed by atoms with van der Waals surface area (Å²) in [4.78, 5) is 18.2. The Kier molecular flexibility index (Phi) is 10.5. The van der Waals surface area contributed by atoms with Gasteiger partial charge >= 0.3 is 12.2 Å². The first-order chi connectivity index (χ1) is 22.4. The van der Waals surface area contributed by atoms with Crippen molar-refractivity contribution in [3.63, 3.8) is 0 Å². The molecule has 3 aromatic carbocycles. The molecule has 4 aromatic rings. The molecule has 1 aliphatic carbocycles. The first-order valence-corrected chi connectivity index (χ1v) is 15.4. The number of pyridine rings is 1. The number of carbonyl (C=O) groups is 1. The highest BCUT2D eigenvalue weighted by molar-refractivity contribution is 6.30. The van der Waals surface area contributed by atoms with E-state index in [9.17, 15) is 22.4 Å². The summed E-state index contributed by atoms with van der Waals surface area (Å²) < 4.78 is 68.0. The Morgan fingerprint density at radius 3 is 2.43 bits per heavy atom. The Balaban J connectivity index is 1.39. The van der Waals surface area contributed by atoms with E-state index in [0.717, 1.165) is 23.3 Å². The number of rotatable bonds is 11. The van der Waals surface area contributed by atoms with E-state index in [1.807, 2.05) is 24.3 Å². The molecule has 1 aliphatic rings. The third-order valence-corrected chi connectivity index (χ3v) is 8.45. The number of amides is 2. The minimum absolute atomic E-state index is 0.0262. The van der Waals surface area contributed by atoms with Gasteiger partial charge < -0.3 is 20.1 Å². The van der Waals surface area contributed by atoms with E-state index >= 15 is 0 Å². The summed E-state index contributed by atoms with van der Waals surface area (Å²) in [6.07, 6.45) is -1.80. The molecule has 11 heteroatoms. The number of alkyl halides is 3. The largest absolute Gasteiger partial charge is 0.497 e. The van der Waals surface area contributed by atoms with Gasteiger partial charge in [0.2, 0.25) is 0 Å². The first-order valence-electron chi connectivity index (χ1n) is 15.0.